The molecule has 0 aliphatic heterocycles. The Labute approximate surface area is 179 Å². The van der Waals surface area contributed by atoms with Crippen LogP contribution in [0.4, 0.5) is 8.78 Å². The monoisotopic (exact) mass is 427 g/mol. The Morgan fingerprint density at radius 2 is 1.60 bits per heavy atom. The highest BCUT2D eigenvalue weighted by Crippen LogP contribution is 2.28. The number of benzene rings is 3. The van der Waals surface area contributed by atoms with Crippen molar-refractivity contribution < 1.29 is 18.7 Å². The molecule has 0 fully saturated rings. The van der Waals surface area contributed by atoms with Gasteiger partial charge in [-0.1, -0.05) is 48.2 Å². The van der Waals surface area contributed by atoms with Crippen LogP contribution in [0, 0.1) is 18.6 Å². The summed E-state index contributed by atoms with van der Waals surface area (Å²) in [6, 6.07) is 20.6. The van der Waals surface area contributed by atoms with Crippen molar-refractivity contribution in [1.82, 2.24) is 4.90 Å². The molecule has 0 saturated carbocycles. The van der Waals surface area contributed by atoms with Crippen molar-refractivity contribution in [3.05, 3.63) is 95.1 Å². The molecule has 3 aromatic carbocycles. The second-order valence-corrected chi connectivity index (χ2v) is 8.22. The van der Waals surface area contributed by atoms with Gasteiger partial charge in [-0.25, -0.2) is 8.78 Å². The maximum Gasteiger partial charge on any atom is 0.304 e. The first-order chi connectivity index (χ1) is 14.4. The van der Waals surface area contributed by atoms with E-state index in [2.05, 4.69) is 0 Å². The zero-order valence-corrected chi connectivity index (χ0v) is 17.5. The van der Waals surface area contributed by atoms with Gasteiger partial charge in [0.15, 0.2) is 0 Å². The van der Waals surface area contributed by atoms with Gasteiger partial charge in [-0.05, 0) is 48.4 Å². The molecule has 6 heteroatoms. The lowest BCUT2D eigenvalue weighted by Gasteiger charge is -2.23. The van der Waals surface area contributed by atoms with E-state index < -0.39 is 17.6 Å². The summed E-state index contributed by atoms with van der Waals surface area (Å²) in [5.74, 6) is -2.14. The minimum absolute atomic E-state index is 0.00709. The van der Waals surface area contributed by atoms with Gasteiger partial charge >= 0.3 is 5.97 Å². The summed E-state index contributed by atoms with van der Waals surface area (Å²) < 4.78 is 28.6. The van der Waals surface area contributed by atoms with E-state index in [1.165, 1.54) is 12.1 Å². The van der Waals surface area contributed by atoms with Crippen molar-refractivity contribution in [3.63, 3.8) is 0 Å². The highest BCUT2D eigenvalue weighted by Gasteiger charge is 2.17. The lowest BCUT2D eigenvalue weighted by molar-refractivity contribution is -0.137. The van der Waals surface area contributed by atoms with Crippen molar-refractivity contribution in [3.8, 4) is 0 Å². The Balaban J connectivity index is 1.73. The summed E-state index contributed by atoms with van der Waals surface area (Å²) in [7, 11) is 0. The number of hydrogen-bond donors (Lipinski definition) is 1. The van der Waals surface area contributed by atoms with Crippen molar-refractivity contribution in [1.29, 1.82) is 0 Å². The quantitative estimate of drug-likeness (QED) is 0.461. The molecule has 3 rings (SSSR count). The maximum absolute atomic E-state index is 14.4. The normalized spacial score (nSPS) is 11.1. The number of halogens is 2. The smallest absolute Gasteiger partial charge is 0.304 e. The number of aliphatic carboxylic acids is 1. The number of carbonyl (C=O) groups is 1. The Bertz CT molecular complexity index is 994. The first-order valence-electron chi connectivity index (χ1n) is 9.62. The van der Waals surface area contributed by atoms with E-state index in [0.717, 1.165) is 15.4 Å². The summed E-state index contributed by atoms with van der Waals surface area (Å²) in [4.78, 5) is 15.0. The fourth-order valence-corrected chi connectivity index (χ4v) is 3.93. The number of rotatable bonds is 9. The number of hydrogen-bond acceptors (Lipinski definition) is 3. The lowest BCUT2D eigenvalue weighted by atomic mass is 10.1. The first kappa shape index (κ1) is 22.0. The fraction of sp³-hybridized carbons (Fsp3) is 0.208. The van der Waals surface area contributed by atoms with Gasteiger partial charge in [0.2, 0.25) is 0 Å². The average molecular weight is 428 g/mol. The van der Waals surface area contributed by atoms with Crippen LogP contribution < -0.4 is 0 Å². The predicted molar refractivity (Wildman–Crippen MR) is 114 cm³/mol. The molecule has 0 saturated heterocycles. The van der Waals surface area contributed by atoms with E-state index in [1.807, 2.05) is 54.6 Å². The number of nitrogens with zero attached hydrogens (tertiary/aromatic N) is 1. The van der Waals surface area contributed by atoms with Crippen LogP contribution in [0.15, 0.2) is 76.5 Å². The topological polar surface area (TPSA) is 40.5 Å². The van der Waals surface area contributed by atoms with Crippen LogP contribution in [0.1, 0.15) is 23.1 Å². The largest absolute Gasteiger partial charge is 0.481 e. The molecule has 0 unspecified atom stereocenters. The molecule has 0 spiro atoms. The van der Waals surface area contributed by atoms with Crippen LogP contribution in [0.2, 0.25) is 0 Å². The lowest BCUT2D eigenvalue weighted by Crippen LogP contribution is -2.27. The Morgan fingerprint density at radius 3 is 2.27 bits per heavy atom. The van der Waals surface area contributed by atoms with E-state index in [0.29, 0.717) is 12.1 Å². The molecule has 30 heavy (non-hydrogen) atoms. The van der Waals surface area contributed by atoms with Crippen LogP contribution in [0.3, 0.4) is 0 Å². The number of aryl methyl sites for hydroxylation is 1. The van der Waals surface area contributed by atoms with E-state index >= 15 is 0 Å². The molecule has 0 radical (unpaired) electrons. The maximum atomic E-state index is 14.4. The van der Waals surface area contributed by atoms with Gasteiger partial charge in [0.1, 0.15) is 11.6 Å². The minimum atomic E-state index is -0.945. The third-order valence-electron chi connectivity index (χ3n) is 4.71. The van der Waals surface area contributed by atoms with Crippen molar-refractivity contribution >= 4 is 17.7 Å². The Morgan fingerprint density at radius 1 is 0.933 bits per heavy atom. The van der Waals surface area contributed by atoms with E-state index in [9.17, 15) is 13.6 Å². The summed E-state index contributed by atoms with van der Waals surface area (Å²) >= 11 is 1.65. The van der Waals surface area contributed by atoms with E-state index in [-0.39, 0.29) is 25.1 Å². The number of carboxylic acids is 1. The van der Waals surface area contributed by atoms with Crippen LogP contribution in [0.5, 0.6) is 0 Å². The number of carboxylic acid groups (broad SMARTS) is 1. The molecule has 0 aliphatic rings. The molecule has 0 atom stereocenters. The van der Waals surface area contributed by atoms with Gasteiger partial charge in [-0.2, -0.15) is 0 Å². The molecule has 0 aliphatic carbocycles. The molecule has 3 nitrogen and oxygen atoms in total. The third kappa shape index (κ3) is 6.15. The first-order valence-corrected chi connectivity index (χ1v) is 10.4. The molecule has 0 heterocycles. The third-order valence-corrected chi connectivity index (χ3v) is 5.73. The molecule has 0 bridgehead atoms. The van der Waals surface area contributed by atoms with Crippen molar-refractivity contribution in [2.45, 2.75) is 36.2 Å². The predicted octanol–water partition coefficient (Wildman–Crippen LogP) is 5.90. The summed E-state index contributed by atoms with van der Waals surface area (Å²) in [6.45, 7) is 2.19. The highest BCUT2D eigenvalue weighted by atomic mass is 32.2. The summed E-state index contributed by atoms with van der Waals surface area (Å²) in [5.41, 5.74) is 1.29. The van der Waals surface area contributed by atoms with Crippen LogP contribution in [-0.4, -0.2) is 22.5 Å². The SMILES string of the molecule is Cc1ccc(F)c(CN(CCC(=O)O)Cc2ccc(Sc3ccccc3)cc2)c1F. The summed E-state index contributed by atoms with van der Waals surface area (Å²) in [5, 5.41) is 9.05. The standard InChI is InChI=1S/C24H23F2NO2S/c1-17-7-12-22(25)21(24(17)26)16-27(14-13-23(28)29)15-18-8-10-20(11-9-18)30-19-5-3-2-4-6-19/h2-12H,13-16H2,1H3,(H,28,29). The molecular formula is C24H23F2NO2S. The van der Waals surface area contributed by atoms with Gasteiger partial charge < -0.3 is 5.11 Å². The molecule has 0 amide bonds. The van der Waals surface area contributed by atoms with Crippen molar-refractivity contribution in [2.24, 2.45) is 0 Å². The van der Waals surface area contributed by atoms with Crippen LogP contribution in [0.25, 0.3) is 0 Å². The molecule has 0 aromatic heterocycles. The van der Waals surface area contributed by atoms with E-state index in [4.69, 9.17) is 5.11 Å². The van der Waals surface area contributed by atoms with E-state index in [1.54, 1.807) is 23.6 Å². The minimum Gasteiger partial charge on any atom is -0.481 e. The van der Waals surface area contributed by atoms with Gasteiger partial charge in [0, 0.05) is 35.0 Å². The second-order valence-electron chi connectivity index (χ2n) is 7.07. The van der Waals surface area contributed by atoms with Gasteiger partial charge in [0.05, 0.1) is 6.42 Å². The Hall–Kier alpha value is -2.70. The van der Waals surface area contributed by atoms with Crippen LogP contribution in [-0.2, 0) is 17.9 Å². The highest BCUT2D eigenvalue weighted by molar-refractivity contribution is 7.99. The fourth-order valence-electron chi connectivity index (χ4n) is 3.10. The summed E-state index contributed by atoms with van der Waals surface area (Å²) in [6.07, 6.45) is -0.100. The molecule has 3 aromatic rings. The van der Waals surface area contributed by atoms with Crippen LogP contribution >= 0.6 is 11.8 Å². The molecule has 1 N–H and O–H groups in total. The van der Waals surface area contributed by atoms with Gasteiger partial charge in [-0.3, -0.25) is 9.69 Å². The van der Waals surface area contributed by atoms with Gasteiger partial charge in [-0.15, -0.1) is 0 Å². The second kappa shape index (κ2) is 10.4. The van der Waals surface area contributed by atoms with Gasteiger partial charge in [0.25, 0.3) is 0 Å². The zero-order chi connectivity index (χ0) is 21.5. The molecule has 156 valence electrons. The zero-order valence-electron chi connectivity index (χ0n) is 16.6. The molecular weight excluding hydrogens is 404 g/mol. The van der Waals surface area contributed by atoms with Crippen molar-refractivity contribution in [2.75, 3.05) is 6.54 Å². The Kier molecular flexibility index (Phi) is 7.60. The average Bonchev–Trinajstić information content (AvgIpc) is 2.74.